The van der Waals surface area contributed by atoms with E-state index >= 15 is 0 Å². The average molecular weight is 263 g/mol. The van der Waals surface area contributed by atoms with Crippen molar-refractivity contribution >= 4 is 17.4 Å². The zero-order valence-electron chi connectivity index (χ0n) is 10.0. The van der Waals surface area contributed by atoms with Crippen molar-refractivity contribution in [3.8, 4) is 5.75 Å². The number of methoxy groups -OCH3 is 1. The molecule has 2 aromatic carbocycles. The van der Waals surface area contributed by atoms with Crippen LogP contribution in [-0.2, 0) is 5.75 Å². The summed E-state index contributed by atoms with van der Waals surface area (Å²) < 4.78 is 18.2. The molecule has 0 saturated carbocycles. The van der Waals surface area contributed by atoms with Crippen molar-refractivity contribution in [1.82, 2.24) is 0 Å². The predicted molar refractivity (Wildman–Crippen MR) is 73.4 cm³/mol. The van der Waals surface area contributed by atoms with Crippen molar-refractivity contribution in [2.24, 2.45) is 0 Å². The molecular weight excluding hydrogens is 249 g/mol. The van der Waals surface area contributed by atoms with E-state index in [0.717, 1.165) is 16.2 Å². The summed E-state index contributed by atoms with van der Waals surface area (Å²) in [6.07, 6.45) is 0. The van der Waals surface area contributed by atoms with Gasteiger partial charge in [0.1, 0.15) is 11.6 Å². The summed E-state index contributed by atoms with van der Waals surface area (Å²) in [5, 5.41) is 0. The van der Waals surface area contributed by atoms with Crippen molar-refractivity contribution in [2.45, 2.75) is 10.6 Å². The summed E-state index contributed by atoms with van der Waals surface area (Å²) in [5.41, 5.74) is 7.18. The minimum absolute atomic E-state index is 0.307. The Hall–Kier alpha value is -1.68. The molecule has 0 bridgehead atoms. The van der Waals surface area contributed by atoms with Crippen LogP contribution in [0.3, 0.4) is 0 Å². The number of thioether (sulfide) groups is 1. The highest BCUT2D eigenvalue weighted by Gasteiger charge is 2.05. The van der Waals surface area contributed by atoms with E-state index in [1.165, 1.54) is 12.1 Å². The minimum atomic E-state index is -0.307. The lowest BCUT2D eigenvalue weighted by molar-refractivity contribution is 0.405. The molecule has 0 spiro atoms. The van der Waals surface area contributed by atoms with Gasteiger partial charge in [0, 0.05) is 16.3 Å². The Balaban J connectivity index is 2.11. The van der Waals surface area contributed by atoms with E-state index < -0.39 is 0 Å². The third-order valence-corrected chi connectivity index (χ3v) is 3.66. The second-order valence-electron chi connectivity index (χ2n) is 3.78. The van der Waals surface area contributed by atoms with E-state index in [0.29, 0.717) is 11.4 Å². The standard InChI is InChI=1S/C14H14FNOS/c1-17-13-4-2-3-5-14(13)18-9-10-6-7-11(15)8-12(10)16/h2-8H,9,16H2,1H3. The Labute approximate surface area is 110 Å². The molecule has 0 aliphatic rings. The van der Waals surface area contributed by atoms with Gasteiger partial charge in [-0.05, 0) is 29.8 Å². The Bertz CT molecular complexity index is 545. The van der Waals surface area contributed by atoms with Crippen LogP contribution in [0.5, 0.6) is 5.75 Å². The Morgan fingerprint density at radius 3 is 2.72 bits per heavy atom. The van der Waals surface area contributed by atoms with Crippen LogP contribution in [0.4, 0.5) is 10.1 Å². The summed E-state index contributed by atoms with van der Waals surface area (Å²) in [4.78, 5) is 1.05. The van der Waals surface area contributed by atoms with Crippen LogP contribution in [-0.4, -0.2) is 7.11 Å². The van der Waals surface area contributed by atoms with Gasteiger partial charge in [0.25, 0.3) is 0 Å². The van der Waals surface area contributed by atoms with Crippen molar-refractivity contribution in [1.29, 1.82) is 0 Å². The number of halogens is 1. The zero-order valence-corrected chi connectivity index (χ0v) is 10.8. The second kappa shape index (κ2) is 5.78. The molecule has 0 amide bonds. The highest BCUT2D eigenvalue weighted by Crippen LogP contribution is 2.32. The van der Waals surface area contributed by atoms with Crippen molar-refractivity contribution in [2.75, 3.05) is 12.8 Å². The smallest absolute Gasteiger partial charge is 0.132 e. The molecule has 0 unspecified atom stereocenters. The maximum absolute atomic E-state index is 12.9. The van der Waals surface area contributed by atoms with Crippen LogP contribution in [0, 0.1) is 5.82 Å². The van der Waals surface area contributed by atoms with Crippen molar-refractivity contribution < 1.29 is 9.13 Å². The van der Waals surface area contributed by atoms with Gasteiger partial charge in [-0.2, -0.15) is 0 Å². The molecule has 0 radical (unpaired) electrons. The fourth-order valence-electron chi connectivity index (χ4n) is 1.59. The number of nitrogens with two attached hydrogens (primary N) is 1. The summed E-state index contributed by atoms with van der Waals surface area (Å²) >= 11 is 1.62. The lowest BCUT2D eigenvalue weighted by Gasteiger charge is -2.09. The number of hydrogen-bond acceptors (Lipinski definition) is 3. The minimum Gasteiger partial charge on any atom is -0.496 e. The number of nitrogen functional groups attached to an aromatic ring is 1. The highest BCUT2D eigenvalue weighted by atomic mass is 32.2. The maximum Gasteiger partial charge on any atom is 0.132 e. The van der Waals surface area contributed by atoms with Gasteiger partial charge in [-0.1, -0.05) is 18.2 Å². The molecule has 0 fully saturated rings. The molecule has 18 heavy (non-hydrogen) atoms. The molecular formula is C14H14FNOS. The topological polar surface area (TPSA) is 35.2 Å². The monoisotopic (exact) mass is 263 g/mol. The molecule has 2 nitrogen and oxygen atoms in total. The van der Waals surface area contributed by atoms with Gasteiger partial charge in [0.05, 0.1) is 7.11 Å². The predicted octanol–water partition coefficient (Wildman–Crippen LogP) is 3.71. The fourth-order valence-corrected chi connectivity index (χ4v) is 2.63. The molecule has 0 aliphatic carbocycles. The zero-order chi connectivity index (χ0) is 13.0. The lowest BCUT2D eigenvalue weighted by Crippen LogP contribution is -1.94. The highest BCUT2D eigenvalue weighted by molar-refractivity contribution is 7.98. The van der Waals surface area contributed by atoms with Crippen LogP contribution in [0.15, 0.2) is 47.4 Å². The van der Waals surface area contributed by atoms with E-state index in [2.05, 4.69) is 0 Å². The Morgan fingerprint density at radius 2 is 2.00 bits per heavy atom. The van der Waals surface area contributed by atoms with Crippen LogP contribution < -0.4 is 10.5 Å². The number of rotatable bonds is 4. The molecule has 2 rings (SSSR count). The lowest BCUT2D eigenvalue weighted by atomic mass is 10.2. The van der Waals surface area contributed by atoms with Gasteiger partial charge in [-0.3, -0.25) is 0 Å². The number of anilines is 1. The first-order valence-electron chi connectivity index (χ1n) is 5.50. The van der Waals surface area contributed by atoms with Crippen LogP contribution in [0.2, 0.25) is 0 Å². The maximum atomic E-state index is 12.9. The molecule has 2 N–H and O–H groups in total. The van der Waals surface area contributed by atoms with Gasteiger partial charge < -0.3 is 10.5 Å². The van der Waals surface area contributed by atoms with E-state index in [1.54, 1.807) is 24.9 Å². The van der Waals surface area contributed by atoms with Crippen molar-refractivity contribution in [3.63, 3.8) is 0 Å². The quantitative estimate of drug-likeness (QED) is 0.674. The van der Waals surface area contributed by atoms with E-state index in [1.807, 2.05) is 24.3 Å². The Kier molecular flexibility index (Phi) is 4.10. The molecule has 0 aliphatic heterocycles. The van der Waals surface area contributed by atoms with Gasteiger partial charge >= 0.3 is 0 Å². The van der Waals surface area contributed by atoms with Gasteiger partial charge in [-0.25, -0.2) is 4.39 Å². The number of para-hydroxylation sites is 1. The van der Waals surface area contributed by atoms with Crippen LogP contribution in [0.25, 0.3) is 0 Å². The summed E-state index contributed by atoms with van der Waals surface area (Å²) in [6.45, 7) is 0. The Morgan fingerprint density at radius 1 is 1.22 bits per heavy atom. The third-order valence-electron chi connectivity index (χ3n) is 2.56. The molecule has 2 aromatic rings. The summed E-state index contributed by atoms with van der Waals surface area (Å²) in [7, 11) is 1.64. The molecule has 0 aromatic heterocycles. The normalized spacial score (nSPS) is 10.3. The van der Waals surface area contributed by atoms with Crippen LogP contribution >= 0.6 is 11.8 Å². The van der Waals surface area contributed by atoms with Crippen molar-refractivity contribution in [3.05, 3.63) is 53.8 Å². The average Bonchev–Trinajstić information content (AvgIpc) is 2.38. The molecule has 94 valence electrons. The largest absolute Gasteiger partial charge is 0.496 e. The number of hydrogen-bond donors (Lipinski definition) is 1. The van der Waals surface area contributed by atoms with Crippen LogP contribution in [0.1, 0.15) is 5.56 Å². The third kappa shape index (κ3) is 2.96. The number of benzene rings is 2. The summed E-state index contributed by atoms with van der Waals surface area (Å²) in [5.74, 6) is 1.22. The van der Waals surface area contributed by atoms with E-state index in [4.69, 9.17) is 10.5 Å². The van der Waals surface area contributed by atoms with Gasteiger partial charge in [0.2, 0.25) is 0 Å². The molecule has 4 heteroatoms. The fraction of sp³-hybridized carbons (Fsp3) is 0.143. The van der Waals surface area contributed by atoms with E-state index in [9.17, 15) is 4.39 Å². The first-order valence-corrected chi connectivity index (χ1v) is 6.49. The number of ether oxygens (including phenoxy) is 1. The van der Waals surface area contributed by atoms with Gasteiger partial charge in [-0.15, -0.1) is 11.8 Å². The van der Waals surface area contributed by atoms with Gasteiger partial charge in [0.15, 0.2) is 0 Å². The molecule has 0 atom stereocenters. The SMILES string of the molecule is COc1ccccc1SCc1ccc(F)cc1N. The summed E-state index contributed by atoms with van der Waals surface area (Å²) in [6, 6.07) is 12.3. The first-order chi connectivity index (χ1) is 8.70. The van der Waals surface area contributed by atoms with E-state index in [-0.39, 0.29) is 5.82 Å². The first kappa shape index (κ1) is 12.8. The molecule has 0 heterocycles. The molecule has 0 saturated heterocycles. The second-order valence-corrected chi connectivity index (χ2v) is 4.80.